The summed E-state index contributed by atoms with van der Waals surface area (Å²) in [6.07, 6.45) is 1.77. The Hall–Kier alpha value is -1.13. The Morgan fingerprint density at radius 1 is 1.40 bits per heavy atom. The number of rotatable bonds is 7. The van der Waals surface area contributed by atoms with Gasteiger partial charge in [-0.1, -0.05) is 6.07 Å². The van der Waals surface area contributed by atoms with E-state index in [2.05, 4.69) is 10.3 Å². The first kappa shape index (κ1) is 11.9. The third kappa shape index (κ3) is 4.27. The summed E-state index contributed by atoms with van der Waals surface area (Å²) in [5, 5.41) is 3.19. The lowest BCUT2D eigenvalue weighted by Crippen LogP contribution is -2.06. The first-order chi connectivity index (χ1) is 7.38. The van der Waals surface area contributed by atoms with E-state index in [1.807, 2.05) is 19.1 Å². The zero-order valence-electron chi connectivity index (χ0n) is 9.32. The van der Waals surface area contributed by atoms with Crippen LogP contribution in [0.5, 0.6) is 0 Å². The largest absolute Gasteiger partial charge is 0.382 e. The molecule has 0 aliphatic rings. The molecule has 0 aliphatic heterocycles. The van der Waals surface area contributed by atoms with Crippen molar-refractivity contribution in [3.8, 4) is 0 Å². The molecule has 0 aliphatic carbocycles. The van der Waals surface area contributed by atoms with Crippen LogP contribution in [0.4, 0.5) is 5.82 Å². The summed E-state index contributed by atoms with van der Waals surface area (Å²) in [5.74, 6) is 0.900. The van der Waals surface area contributed by atoms with E-state index in [9.17, 15) is 0 Å². The van der Waals surface area contributed by atoms with Crippen LogP contribution in [0, 0.1) is 0 Å². The fourth-order valence-electron chi connectivity index (χ4n) is 1.21. The van der Waals surface area contributed by atoms with Crippen LogP contribution in [0.3, 0.4) is 0 Å². The number of methoxy groups -OCH3 is 1. The Morgan fingerprint density at radius 2 is 2.27 bits per heavy atom. The van der Waals surface area contributed by atoms with E-state index in [1.54, 1.807) is 13.3 Å². The van der Waals surface area contributed by atoms with E-state index in [1.165, 1.54) is 0 Å². The smallest absolute Gasteiger partial charge is 0.131 e. The second kappa shape index (κ2) is 7.20. The predicted octanol–water partition coefficient (Wildman–Crippen LogP) is 1.68. The molecular weight excluding hydrogens is 192 g/mol. The van der Waals surface area contributed by atoms with Gasteiger partial charge in [0.15, 0.2) is 0 Å². The van der Waals surface area contributed by atoms with E-state index >= 15 is 0 Å². The Balaban J connectivity index is 2.44. The molecule has 1 heterocycles. The molecular formula is C11H18N2O2. The van der Waals surface area contributed by atoms with Gasteiger partial charge in [-0.2, -0.15) is 0 Å². The molecule has 0 fully saturated rings. The molecule has 0 spiro atoms. The van der Waals surface area contributed by atoms with Gasteiger partial charge in [0.25, 0.3) is 0 Å². The lowest BCUT2D eigenvalue weighted by Gasteiger charge is -2.09. The summed E-state index contributed by atoms with van der Waals surface area (Å²) in [7, 11) is 1.66. The highest BCUT2D eigenvalue weighted by Gasteiger charge is 2.01. The maximum atomic E-state index is 5.44. The van der Waals surface area contributed by atoms with Crippen LogP contribution in [0.15, 0.2) is 18.3 Å². The third-order valence-corrected chi connectivity index (χ3v) is 1.92. The quantitative estimate of drug-likeness (QED) is 0.695. The van der Waals surface area contributed by atoms with Crippen molar-refractivity contribution in [2.24, 2.45) is 0 Å². The minimum Gasteiger partial charge on any atom is -0.382 e. The molecule has 0 bridgehead atoms. The molecule has 0 saturated heterocycles. The highest BCUT2D eigenvalue weighted by atomic mass is 16.5. The molecule has 15 heavy (non-hydrogen) atoms. The monoisotopic (exact) mass is 210 g/mol. The van der Waals surface area contributed by atoms with Gasteiger partial charge in [-0.15, -0.1) is 0 Å². The summed E-state index contributed by atoms with van der Waals surface area (Å²) in [4.78, 5) is 4.24. The van der Waals surface area contributed by atoms with Crippen molar-refractivity contribution in [1.29, 1.82) is 0 Å². The zero-order chi connectivity index (χ0) is 10.9. The van der Waals surface area contributed by atoms with Gasteiger partial charge in [0.2, 0.25) is 0 Å². The van der Waals surface area contributed by atoms with E-state index in [0.29, 0.717) is 19.8 Å². The second-order valence-corrected chi connectivity index (χ2v) is 3.09. The average Bonchev–Trinajstić information content (AvgIpc) is 2.27. The average molecular weight is 210 g/mol. The molecule has 0 atom stereocenters. The number of ether oxygens (including phenoxy) is 2. The Morgan fingerprint density at radius 3 is 3.00 bits per heavy atom. The first-order valence-corrected chi connectivity index (χ1v) is 5.13. The number of nitrogens with one attached hydrogen (secondary N) is 1. The van der Waals surface area contributed by atoms with Gasteiger partial charge < -0.3 is 14.8 Å². The second-order valence-electron chi connectivity index (χ2n) is 3.09. The van der Waals surface area contributed by atoms with Gasteiger partial charge in [-0.25, -0.2) is 4.98 Å². The molecule has 0 aromatic carbocycles. The van der Waals surface area contributed by atoms with Crippen LogP contribution in [-0.2, 0) is 16.1 Å². The van der Waals surface area contributed by atoms with E-state index < -0.39 is 0 Å². The minimum absolute atomic E-state index is 0.569. The molecule has 1 rings (SSSR count). The van der Waals surface area contributed by atoms with Gasteiger partial charge in [0.05, 0.1) is 19.8 Å². The molecule has 1 N–H and O–H groups in total. The topological polar surface area (TPSA) is 43.4 Å². The first-order valence-electron chi connectivity index (χ1n) is 5.13. The number of aromatic nitrogens is 1. The molecule has 1 aromatic heterocycles. The van der Waals surface area contributed by atoms with E-state index in [-0.39, 0.29) is 0 Å². The number of anilines is 1. The van der Waals surface area contributed by atoms with Crippen molar-refractivity contribution in [3.05, 3.63) is 23.9 Å². The molecule has 0 amide bonds. The molecule has 1 aromatic rings. The summed E-state index contributed by atoms with van der Waals surface area (Å²) >= 11 is 0. The lowest BCUT2D eigenvalue weighted by molar-refractivity contribution is 0.0618. The van der Waals surface area contributed by atoms with Crippen molar-refractivity contribution in [3.63, 3.8) is 0 Å². The van der Waals surface area contributed by atoms with Gasteiger partial charge in [0.1, 0.15) is 5.82 Å². The molecule has 84 valence electrons. The predicted molar refractivity (Wildman–Crippen MR) is 59.9 cm³/mol. The standard InChI is InChI=1S/C11H18N2O2/c1-3-12-11-10(5-4-6-13-11)9-15-8-7-14-2/h4-6H,3,7-9H2,1-2H3,(H,12,13). The maximum Gasteiger partial charge on any atom is 0.131 e. The Kier molecular flexibility index (Phi) is 5.73. The van der Waals surface area contributed by atoms with Crippen molar-refractivity contribution >= 4 is 5.82 Å². The normalized spacial score (nSPS) is 10.3. The lowest BCUT2D eigenvalue weighted by atomic mass is 10.2. The van der Waals surface area contributed by atoms with Crippen molar-refractivity contribution in [1.82, 2.24) is 4.98 Å². The molecule has 4 heteroatoms. The SMILES string of the molecule is CCNc1ncccc1COCCOC. The fourth-order valence-corrected chi connectivity index (χ4v) is 1.21. The van der Waals surface area contributed by atoms with Gasteiger partial charge >= 0.3 is 0 Å². The van der Waals surface area contributed by atoms with E-state index in [0.717, 1.165) is 17.9 Å². The van der Waals surface area contributed by atoms with Crippen molar-refractivity contribution in [2.75, 3.05) is 32.2 Å². The van der Waals surface area contributed by atoms with Gasteiger partial charge in [-0.05, 0) is 13.0 Å². The number of pyridine rings is 1. The van der Waals surface area contributed by atoms with Crippen LogP contribution in [0.2, 0.25) is 0 Å². The highest BCUT2D eigenvalue weighted by Crippen LogP contribution is 2.11. The summed E-state index contributed by atoms with van der Waals surface area (Å²) < 4.78 is 10.3. The fraction of sp³-hybridized carbons (Fsp3) is 0.545. The van der Waals surface area contributed by atoms with Crippen LogP contribution >= 0.6 is 0 Å². The van der Waals surface area contributed by atoms with Crippen molar-refractivity contribution < 1.29 is 9.47 Å². The Labute approximate surface area is 90.6 Å². The van der Waals surface area contributed by atoms with Crippen molar-refractivity contribution in [2.45, 2.75) is 13.5 Å². The highest BCUT2D eigenvalue weighted by molar-refractivity contribution is 5.42. The van der Waals surface area contributed by atoms with Gasteiger partial charge in [-0.3, -0.25) is 0 Å². The third-order valence-electron chi connectivity index (χ3n) is 1.92. The number of hydrogen-bond donors (Lipinski definition) is 1. The summed E-state index contributed by atoms with van der Waals surface area (Å²) in [6.45, 7) is 4.71. The van der Waals surface area contributed by atoms with Crippen LogP contribution in [0.25, 0.3) is 0 Å². The molecule has 0 saturated carbocycles. The molecule has 4 nitrogen and oxygen atoms in total. The van der Waals surface area contributed by atoms with Gasteiger partial charge in [0, 0.05) is 25.4 Å². The number of nitrogens with zero attached hydrogens (tertiary/aromatic N) is 1. The van der Waals surface area contributed by atoms with Crippen LogP contribution in [0.1, 0.15) is 12.5 Å². The van der Waals surface area contributed by atoms with E-state index in [4.69, 9.17) is 9.47 Å². The maximum absolute atomic E-state index is 5.44. The zero-order valence-corrected chi connectivity index (χ0v) is 9.32. The molecule has 0 radical (unpaired) electrons. The van der Waals surface area contributed by atoms with Crippen LogP contribution in [-0.4, -0.2) is 31.9 Å². The van der Waals surface area contributed by atoms with Crippen LogP contribution < -0.4 is 5.32 Å². The molecule has 0 unspecified atom stereocenters. The number of hydrogen-bond acceptors (Lipinski definition) is 4. The summed E-state index contributed by atoms with van der Waals surface area (Å²) in [6, 6.07) is 3.92. The summed E-state index contributed by atoms with van der Waals surface area (Å²) in [5.41, 5.74) is 1.08. The minimum atomic E-state index is 0.569. The Bertz CT molecular complexity index is 279.